The highest BCUT2D eigenvalue weighted by Gasteiger charge is 2.18. The first kappa shape index (κ1) is 15.7. The predicted octanol–water partition coefficient (Wildman–Crippen LogP) is 0.463. The maximum atomic E-state index is 12.0. The van der Waals surface area contributed by atoms with E-state index in [9.17, 15) is 4.79 Å². The number of nitrogens with zero attached hydrogens (tertiary/aromatic N) is 1. The molecule has 0 N–H and O–H groups in total. The van der Waals surface area contributed by atoms with E-state index in [4.69, 9.17) is 16.3 Å². The number of aromatic nitrogens is 1. The van der Waals surface area contributed by atoms with E-state index in [0.29, 0.717) is 17.9 Å². The lowest BCUT2D eigenvalue weighted by molar-refractivity contribution is -0.0000224. The van der Waals surface area contributed by atoms with Crippen molar-refractivity contribution in [1.29, 1.82) is 0 Å². The molecule has 2 aromatic rings. The van der Waals surface area contributed by atoms with Gasteiger partial charge in [-0.05, 0) is 25.5 Å². The zero-order valence-electron chi connectivity index (χ0n) is 10.7. The summed E-state index contributed by atoms with van der Waals surface area (Å²) >= 11 is 5.88. The van der Waals surface area contributed by atoms with Crippen LogP contribution >= 0.6 is 11.6 Å². The second-order valence-electron chi connectivity index (χ2n) is 3.93. The van der Waals surface area contributed by atoms with Crippen LogP contribution in [0.1, 0.15) is 28.5 Å². The molecule has 0 aliphatic rings. The lowest BCUT2D eigenvalue weighted by atomic mass is 10.0. The summed E-state index contributed by atoms with van der Waals surface area (Å²) in [6, 6.07) is 7.69. The molecule has 0 aliphatic carbocycles. The van der Waals surface area contributed by atoms with Crippen LogP contribution in [0.5, 0.6) is 0 Å². The Hall–Kier alpha value is -1.32. The molecule has 0 spiro atoms. The Bertz CT molecular complexity index is 599. The number of pyridine rings is 1. The number of halogens is 2. The maximum absolute atomic E-state index is 12.0. The van der Waals surface area contributed by atoms with Crippen LogP contribution in [0.2, 0.25) is 0 Å². The van der Waals surface area contributed by atoms with Gasteiger partial charge < -0.3 is 17.1 Å². The number of benzene rings is 1. The molecule has 0 unspecified atom stereocenters. The van der Waals surface area contributed by atoms with Gasteiger partial charge in [0.1, 0.15) is 0 Å². The number of aryl methyl sites for hydroxylation is 1. The van der Waals surface area contributed by atoms with Crippen LogP contribution in [0.25, 0.3) is 10.9 Å². The summed E-state index contributed by atoms with van der Waals surface area (Å²) in [5.74, 6) is -0.163. The molecule has 0 atom stereocenters. The Balaban J connectivity index is 0.00000180. The molecule has 0 saturated heterocycles. The molecule has 0 saturated carbocycles. The van der Waals surface area contributed by atoms with E-state index in [2.05, 4.69) is 4.98 Å². The molecule has 1 aromatic carbocycles. The van der Waals surface area contributed by atoms with E-state index in [-0.39, 0.29) is 24.3 Å². The molecule has 0 amide bonds. The molecule has 3 nitrogen and oxygen atoms in total. The minimum Gasteiger partial charge on any atom is -1.00 e. The van der Waals surface area contributed by atoms with Crippen molar-refractivity contribution in [1.82, 2.24) is 4.98 Å². The van der Waals surface area contributed by atoms with Crippen LogP contribution in [0.15, 0.2) is 24.3 Å². The smallest absolute Gasteiger partial charge is 0.340 e. The van der Waals surface area contributed by atoms with Gasteiger partial charge in [-0.15, -0.1) is 11.6 Å². The molecule has 0 fully saturated rings. The first-order chi connectivity index (χ1) is 8.69. The molecular formula is C14H14Cl2NO2-. The van der Waals surface area contributed by atoms with Gasteiger partial charge in [-0.3, -0.25) is 4.98 Å². The Morgan fingerprint density at radius 1 is 1.37 bits per heavy atom. The topological polar surface area (TPSA) is 39.2 Å². The average Bonchev–Trinajstić information content (AvgIpc) is 2.38. The van der Waals surface area contributed by atoms with Gasteiger partial charge in [0.05, 0.1) is 29.3 Å². The second kappa shape index (κ2) is 6.73. The number of hydrogen-bond acceptors (Lipinski definition) is 3. The van der Waals surface area contributed by atoms with Gasteiger partial charge >= 0.3 is 5.97 Å². The van der Waals surface area contributed by atoms with Crippen molar-refractivity contribution in [3.63, 3.8) is 0 Å². The molecule has 5 heteroatoms. The number of alkyl halides is 1. The van der Waals surface area contributed by atoms with Gasteiger partial charge in [-0.1, -0.05) is 18.2 Å². The fourth-order valence-corrected chi connectivity index (χ4v) is 2.20. The molecule has 2 rings (SSSR count). The van der Waals surface area contributed by atoms with Crippen molar-refractivity contribution in [3.8, 4) is 0 Å². The molecular weight excluding hydrogens is 285 g/mol. The van der Waals surface area contributed by atoms with Crippen molar-refractivity contribution in [3.05, 3.63) is 41.1 Å². The Labute approximate surface area is 123 Å². The zero-order valence-corrected chi connectivity index (χ0v) is 12.3. The third kappa shape index (κ3) is 2.99. The van der Waals surface area contributed by atoms with Gasteiger partial charge in [-0.25, -0.2) is 4.79 Å². The monoisotopic (exact) mass is 298 g/mol. The van der Waals surface area contributed by atoms with Gasteiger partial charge in [0.15, 0.2) is 0 Å². The number of fused-ring (bicyclic) bond motifs is 1. The van der Waals surface area contributed by atoms with Gasteiger partial charge in [0.2, 0.25) is 0 Å². The number of carbonyl (C=O) groups is 1. The van der Waals surface area contributed by atoms with Crippen molar-refractivity contribution in [2.75, 3.05) is 6.61 Å². The van der Waals surface area contributed by atoms with Gasteiger partial charge in [0.25, 0.3) is 0 Å². The van der Waals surface area contributed by atoms with Gasteiger partial charge in [0, 0.05) is 5.39 Å². The normalized spacial score (nSPS) is 10.1. The summed E-state index contributed by atoms with van der Waals surface area (Å²) in [7, 11) is 0. The number of carbonyl (C=O) groups excluding carboxylic acids is 1. The Morgan fingerprint density at radius 2 is 2.05 bits per heavy atom. The first-order valence-corrected chi connectivity index (χ1v) is 6.33. The SMILES string of the molecule is CCOC(=O)c1c(CCl)nc2ccccc2c1C.[Cl-]. The highest BCUT2D eigenvalue weighted by molar-refractivity contribution is 6.17. The van der Waals surface area contributed by atoms with Crippen molar-refractivity contribution < 1.29 is 21.9 Å². The summed E-state index contributed by atoms with van der Waals surface area (Å²) in [5, 5.41) is 0.953. The predicted molar refractivity (Wildman–Crippen MR) is 72.0 cm³/mol. The van der Waals surface area contributed by atoms with E-state index in [1.54, 1.807) is 6.92 Å². The van der Waals surface area contributed by atoms with Crippen LogP contribution < -0.4 is 12.4 Å². The fourth-order valence-electron chi connectivity index (χ4n) is 2.01. The number of ether oxygens (including phenoxy) is 1. The molecule has 1 aromatic heterocycles. The number of esters is 1. The molecule has 102 valence electrons. The molecule has 0 aliphatic heterocycles. The third-order valence-corrected chi connectivity index (χ3v) is 3.09. The summed E-state index contributed by atoms with van der Waals surface area (Å²) in [4.78, 5) is 16.4. The van der Waals surface area contributed by atoms with E-state index in [0.717, 1.165) is 16.5 Å². The third-order valence-electron chi connectivity index (χ3n) is 2.83. The summed E-state index contributed by atoms with van der Waals surface area (Å²) in [5.41, 5.74) is 2.78. The highest BCUT2D eigenvalue weighted by atomic mass is 35.5. The van der Waals surface area contributed by atoms with Gasteiger partial charge in [-0.2, -0.15) is 0 Å². The average molecular weight is 299 g/mol. The van der Waals surface area contributed by atoms with Crippen LogP contribution in [0.3, 0.4) is 0 Å². The van der Waals surface area contributed by atoms with Crippen LogP contribution in [0, 0.1) is 6.92 Å². The molecule has 19 heavy (non-hydrogen) atoms. The second-order valence-corrected chi connectivity index (χ2v) is 4.20. The molecule has 0 radical (unpaired) electrons. The quantitative estimate of drug-likeness (QED) is 0.611. The standard InChI is InChI=1S/C14H14ClNO2.ClH/c1-3-18-14(17)13-9(2)10-6-4-5-7-11(10)16-12(13)8-15;/h4-7H,3,8H2,1-2H3;1H/p-1. The minimum absolute atomic E-state index is 0. The number of hydrogen-bond donors (Lipinski definition) is 0. The summed E-state index contributed by atoms with van der Waals surface area (Å²) < 4.78 is 5.06. The van der Waals surface area contributed by atoms with Crippen molar-refractivity contribution in [2.45, 2.75) is 19.7 Å². The van der Waals surface area contributed by atoms with E-state index < -0.39 is 0 Å². The van der Waals surface area contributed by atoms with Crippen molar-refractivity contribution >= 4 is 28.5 Å². The minimum atomic E-state index is -0.357. The van der Waals surface area contributed by atoms with Crippen LogP contribution in [-0.4, -0.2) is 17.6 Å². The summed E-state index contributed by atoms with van der Waals surface area (Å²) in [6.45, 7) is 4.02. The maximum Gasteiger partial charge on any atom is 0.340 e. The Morgan fingerprint density at radius 3 is 2.68 bits per heavy atom. The Kier molecular flexibility index (Phi) is 5.58. The lowest BCUT2D eigenvalue weighted by Gasteiger charge is -2.12. The van der Waals surface area contributed by atoms with E-state index in [1.165, 1.54) is 0 Å². The zero-order chi connectivity index (χ0) is 13.1. The lowest BCUT2D eigenvalue weighted by Crippen LogP contribution is -3.00. The van der Waals surface area contributed by atoms with Crippen molar-refractivity contribution in [2.24, 2.45) is 0 Å². The first-order valence-electron chi connectivity index (χ1n) is 5.80. The molecule has 1 heterocycles. The molecule has 0 bridgehead atoms. The fraction of sp³-hybridized carbons (Fsp3) is 0.286. The largest absolute Gasteiger partial charge is 1.00 e. The van der Waals surface area contributed by atoms with Crippen LogP contribution in [-0.2, 0) is 10.6 Å². The summed E-state index contributed by atoms with van der Waals surface area (Å²) in [6.07, 6.45) is 0. The van der Waals surface area contributed by atoms with E-state index in [1.807, 2.05) is 31.2 Å². The van der Waals surface area contributed by atoms with Crippen LogP contribution in [0.4, 0.5) is 0 Å². The van der Waals surface area contributed by atoms with E-state index >= 15 is 0 Å². The number of rotatable bonds is 3. The highest BCUT2D eigenvalue weighted by Crippen LogP contribution is 2.24. The number of para-hydroxylation sites is 1.